The first-order valence-corrected chi connectivity index (χ1v) is 41.7. The van der Waals surface area contributed by atoms with E-state index >= 15 is 0 Å². The summed E-state index contributed by atoms with van der Waals surface area (Å²) in [7, 11) is 0. The van der Waals surface area contributed by atoms with Gasteiger partial charge in [-0.05, 0) is 128 Å². The van der Waals surface area contributed by atoms with Crippen LogP contribution in [0.25, 0.3) is 0 Å². The molecule has 0 aliphatic rings. The molecule has 0 fully saturated rings. The van der Waals surface area contributed by atoms with Crippen LogP contribution in [0, 0.1) is 27.7 Å². The van der Waals surface area contributed by atoms with Gasteiger partial charge in [0.05, 0.1) is 0 Å². The first-order chi connectivity index (χ1) is 39.9. The molecule has 0 bridgehead atoms. The van der Waals surface area contributed by atoms with Crippen molar-refractivity contribution < 1.29 is 82.5 Å². The molecule has 0 aliphatic carbocycles. The zero-order valence-electron chi connectivity index (χ0n) is 52.3. The molecule has 0 atom stereocenters. The van der Waals surface area contributed by atoms with Crippen LogP contribution in [0.2, 0.25) is 0 Å². The van der Waals surface area contributed by atoms with Crippen LogP contribution in [0.15, 0.2) is 97.2 Å². The van der Waals surface area contributed by atoms with Crippen LogP contribution in [0.4, 0.5) is 0 Å². The molecule has 13 heteroatoms. The summed E-state index contributed by atoms with van der Waals surface area (Å²) in [5.74, 6) is 0. The molecule has 0 aliphatic heterocycles. The summed E-state index contributed by atoms with van der Waals surface area (Å²) in [5.41, 5.74) is 0. The Morgan fingerprint density at radius 2 is 0.407 bits per heavy atom. The van der Waals surface area contributed by atoms with E-state index in [0.717, 1.165) is 51.4 Å². The molecule has 81 heavy (non-hydrogen) atoms. The predicted molar refractivity (Wildman–Crippen MR) is 333 cm³/mol. The zero-order chi connectivity index (χ0) is 60.6. The molecule has 0 saturated carbocycles. The average molecular weight is 1510 g/mol. The molecule has 0 aromatic heterocycles. The molecule has 0 radical (unpaired) electrons. The van der Waals surface area contributed by atoms with Crippen molar-refractivity contribution in [2.24, 2.45) is 0 Å². The summed E-state index contributed by atoms with van der Waals surface area (Å²) in [6.07, 6.45) is 93.6. The van der Waals surface area contributed by atoms with E-state index in [4.69, 9.17) is 0 Å². The van der Waals surface area contributed by atoms with Gasteiger partial charge in [0.25, 0.3) is 0 Å². The molecule has 0 saturated heterocycles. The van der Waals surface area contributed by atoms with Crippen molar-refractivity contribution in [2.45, 2.75) is 310 Å². The van der Waals surface area contributed by atoms with Crippen LogP contribution in [0.1, 0.15) is 310 Å². The molecule has 0 spiro atoms. The van der Waals surface area contributed by atoms with Crippen LogP contribution in [0.3, 0.4) is 0 Å². The van der Waals surface area contributed by atoms with E-state index in [-0.39, 0.29) is 0 Å². The molecule has 8 nitrogen and oxygen atoms in total. The van der Waals surface area contributed by atoms with Gasteiger partial charge in [-0.3, -0.25) is 0 Å². The van der Waals surface area contributed by atoms with Gasteiger partial charge in [0, 0.05) is 0 Å². The van der Waals surface area contributed by atoms with Gasteiger partial charge >= 0.3 is 105 Å². The van der Waals surface area contributed by atoms with Crippen LogP contribution < -0.4 is 0 Å². The van der Waals surface area contributed by atoms with E-state index in [1.165, 1.54) is 231 Å². The van der Waals surface area contributed by atoms with Gasteiger partial charge in [0.2, 0.25) is 0 Å². The van der Waals surface area contributed by atoms with Crippen LogP contribution >= 0.6 is 0 Å². The molecule has 488 valence electrons. The summed E-state index contributed by atoms with van der Waals surface area (Å²) in [6.45, 7) is 24.4. The molecule has 0 unspecified atom stereocenters. The van der Waals surface area contributed by atoms with Crippen LogP contribution in [0.5, 0.6) is 0 Å². The van der Waals surface area contributed by atoms with Gasteiger partial charge in [0.15, 0.2) is 0 Å². The Balaban J connectivity index is -0.000000298. The normalized spacial score (nSPS) is 12.0. The first kappa shape index (κ1) is 89.7. The summed E-state index contributed by atoms with van der Waals surface area (Å²) >= 11 is -8.39. The van der Waals surface area contributed by atoms with Gasteiger partial charge in [0.1, 0.15) is 0 Å². The van der Waals surface area contributed by atoms with E-state index in [0.29, 0.717) is 0 Å². The average Bonchev–Trinajstić information content (AvgIpc) is 3.47. The van der Waals surface area contributed by atoms with Crippen molar-refractivity contribution in [2.75, 3.05) is 0 Å². The number of hydrogen-bond acceptors (Lipinski definition) is 8. The number of unbranched alkanes of at least 4 members (excludes halogenated alkanes) is 32. The first-order valence-electron chi connectivity index (χ1n) is 31.9. The van der Waals surface area contributed by atoms with Crippen molar-refractivity contribution in [1.29, 1.82) is 0 Å². The quantitative estimate of drug-likeness (QED) is 0.0257. The maximum absolute atomic E-state index is 10.0. The fraction of sp³-hybridized carbons (Fsp3) is 0.706. The minimum atomic E-state index is -5.00. The Morgan fingerprint density at radius 3 is 0.556 bits per heavy atom. The minimum absolute atomic E-state index is 0.847. The van der Waals surface area contributed by atoms with E-state index in [2.05, 4.69) is 160 Å². The Bertz CT molecular complexity index is 1240. The fourth-order valence-corrected chi connectivity index (χ4v) is 20.5. The Hall–Kier alpha value is -0.0919. The van der Waals surface area contributed by atoms with Crippen molar-refractivity contribution >= 4 is 23.0 Å². The third-order valence-corrected chi connectivity index (χ3v) is 27.9. The molecule has 0 heterocycles. The van der Waals surface area contributed by atoms with Gasteiger partial charge in [-0.2, -0.15) is 25.7 Å². The van der Waals surface area contributed by atoms with Crippen LogP contribution in [-0.4, -0.2) is 23.0 Å². The Kier molecular flexibility index (Phi) is 101. The van der Waals surface area contributed by atoms with Gasteiger partial charge in [-0.1, -0.05) is 253 Å². The molecule has 0 rings (SSSR count). The maximum atomic E-state index is 10.0. The van der Waals surface area contributed by atoms with E-state index in [1.54, 1.807) is 0 Å². The zero-order valence-corrected chi connectivity index (χ0v) is 60.3. The Labute approximate surface area is 535 Å². The SMILES string of the molecule is [CH2-]CCCCCC/C=C\C/C=C\CCCCC.[CH2-]CCCCCC/C=C\C/C=C\CCCCC.[CH2-]CCCCCC/C=C\C/C=C\CCCCC.[CH2-]CCCCCC/C=C\C/C=C\CCCCC.[O]=[Co][O][Pb]([O][Co]=[O])([O][Co]=[O])[O][Co]=[O]. The monoisotopic (exact) mass is 1510 g/mol. The predicted octanol–water partition coefficient (Wildman–Crippen LogP) is 23.8. The molecule has 0 aromatic carbocycles. The summed E-state index contributed by atoms with van der Waals surface area (Å²) in [5, 5.41) is 0. The molecule has 0 N–H and O–H groups in total. The van der Waals surface area contributed by atoms with E-state index in [9.17, 15) is 15.5 Å². The van der Waals surface area contributed by atoms with Crippen LogP contribution in [-0.2, 0) is 82.5 Å². The second-order valence-corrected chi connectivity index (χ2v) is 34.1. The molecular weight excluding hydrogens is 1390 g/mol. The van der Waals surface area contributed by atoms with Gasteiger partial charge in [-0.25, -0.2) is 0 Å². The molecule has 0 amide bonds. The number of hydrogen-bond donors (Lipinski definition) is 0. The number of allylic oxidation sites excluding steroid dienone is 16. The van der Waals surface area contributed by atoms with Crippen molar-refractivity contribution in [1.82, 2.24) is 0 Å². The van der Waals surface area contributed by atoms with E-state index < -0.39 is 82.8 Å². The van der Waals surface area contributed by atoms with E-state index in [1.807, 2.05) is 0 Å². The topological polar surface area (TPSA) is 105 Å². The second-order valence-electron chi connectivity index (χ2n) is 19.9. The van der Waals surface area contributed by atoms with Gasteiger partial charge < -0.3 is 27.7 Å². The third-order valence-electron chi connectivity index (χ3n) is 12.2. The standard InChI is InChI=1S/4C17H31.4Co.8O.Pb/c4*1-3-5-7-9-11-13-15-17-16-14-12-10-8-6-4-2;;;;;;;;;;;;;/h4*12,14-15,17H,1,3-11,13,16H2,2H3;;;;;;;;;;;;;/q4*-1;;;;;;;;;;;;;/b4*14-12-,17-15-;;;;;;;;;;;;;. The molecular formula is C68H124Co4O8Pb-4. The third kappa shape index (κ3) is 93.8. The fourth-order valence-electron chi connectivity index (χ4n) is 7.44. The second kappa shape index (κ2) is 91.1. The summed E-state index contributed by atoms with van der Waals surface area (Å²) in [4.78, 5) is 0. The van der Waals surface area contributed by atoms with Crippen molar-refractivity contribution in [3.8, 4) is 0 Å². The van der Waals surface area contributed by atoms with Gasteiger partial charge in [-0.15, -0.1) is 0 Å². The summed E-state index contributed by atoms with van der Waals surface area (Å²) < 4.78 is 57.2. The van der Waals surface area contributed by atoms with Crippen molar-refractivity contribution in [3.63, 3.8) is 0 Å². The number of rotatable bonds is 56. The Morgan fingerprint density at radius 1 is 0.247 bits per heavy atom. The van der Waals surface area contributed by atoms with Crippen molar-refractivity contribution in [3.05, 3.63) is 125 Å². The molecule has 0 aromatic rings. The summed E-state index contributed by atoms with van der Waals surface area (Å²) in [6, 6.07) is 0.